The second-order valence-corrected chi connectivity index (χ2v) is 4.39. The van der Waals surface area contributed by atoms with Gasteiger partial charge < -0.3 is 10.1 Å². The number of nitrogens with one attached hydrogen (secondary N) is 1. The van der Waals surface area contributed by atoms with E-state index in [4.69, 9.17) is 5.11 Å². The Hall–Kier alpha value is -1.55. The average Bonchev–Trinajstić information content (AvgIpc) is 2.71. The summed E-state index contributed by atoms with van der Waals surface area (Å²) in [6, 6.07) is 7.55. The van der Waals surface area contributed by atoms with Crippen molar-refractivity contribution in [2.24, 2.45) is 0 Å². The summed E-state index contributed by atoms with van der Waals surface area (Å²) in [5.74, 6) is -0.948. The molecule has 16 heavy (non-hydrogen) atoms. The van der Waals surface area contributed by atoms with Crippen LogP contribution >= 0.6 is 15.9 Å². The quantitative estimate of drug-likeness (QED) is 0.885. The monoisotopic (exact) mass is 279 g/mol. The summed E-state index contributed by atoms with van der Waals surface area (Å²) >= 11 is 3.44. The Kier molecular flexibility index (Phi) is 2.83. The van der Waals surface area contributed by atoms with Gasteiger partial charge in [0.25, 0.3) is 0 Å². The minimum Gasteiger partial charge on any atom is -0.477 e. The lowest BCUT2D eigenvalue weighted by atomic mass is 10.0. The van der Waals surface area contributed by atoms with Crippen LogP contribution < -0.4 is 0 Å². The number of aromatic nitrogens is 1. The Morgan fingerprint density at radius 1 is 1.38 bits per heavy atom. The van der Waals surface area contributed by atoms with Gasteiger partial charge in [-0.15, -0.1) is 0 Å². The van der Waals surface area contributed by atoms with Crippen molar-refractivity contribution in [3.8, 4) is 11.1 Å². The Balaban J connectivity index is 2.54. The fourth-order valence-corrected chi connectivity index (χ4v) is 1.93. The summed E-state index contributed by atoms with van der Waals surface area (Å²) in [5, 5.41) is 9.00. The number of hydrogen-bond donors (Lipinski definition) is 2. The van der Waals surface area contributed by atoms with Gasteiger partial charge in [-0.25, -0.2) is 4.79 Å². The zero-order valence-corrected chi connectivity index (χ0v) is 10.2. The highest BCUT2D eigenvalue weighted by Gasteiger charge is 2.12. The van der Waals surface area contributed by atoms with Crippen LogP contribution in [0.1, 0.15) is 16.1 Å². The molecule has 0 atom stereocenters. The van der Waals surface area contributed by atoms with Crippen molar-refractivity contribution < 1.29 is 9.90 Å². The minimum absolute atomic E-state index is 0.218. The van der Waals surface area contributed by atoms with E-state index in [1.54, 1.807) is 12.3 Å². The highest BCUT2D eigenvalue weighted by molar-refractivity contribution is 9.10. The minimum atomic E-state index is -0.948. The van der Waals surface area contributed by atoms with Crippen LogP contribution in [-0.2, 0) is 0 Å². The Labute approximate surface area is 101 Å². The van der Waals surface area contributed by atoms with Crippen LogP contribution in [-0.4, -0.2) is 16.1 Å². The number of H-pyrrole nitrogens is 1. The van der Waals surface area contributed by atoms with E-state index < -0.39 is 5.97 Å². The van der Waals surface area contributed by atoms with Crippen LogP contribution in [0.3, 0.4) is 0 Å². The summed E-state index contributed by atoms with van der Waals surface area (Å²) in [4.78, 5) is 13.7. The van der Waals surface area contributed by atoms with Crippen molar-refractivity contribution >= 4 is 21.9 Å². The van der Waals surface area contributed by atoms with Gasteiger partial charge in [0.2, 0.25) is 0 Å². The number of halogens is 1. The van der Waals surface area contributed by atoms with Crippen LogP contribution in [0.5, 0.6) is 0 Å². The topological polar surface area (TPSA) is 53.1 Å². The maximum atomic E-state index is 11.0. The molecule has 3 nitrogen and oxygen atoms in total. The molecule has 82 valence electrons. The maximum Gasteiger partial charge on any atom is 0.352 e. The van der Waals surface area contributed by atoms with Crippen molar-refractivity contribution in [2.75, 3.05) is 0 Å². The van der Waals surface area contributed by atoms with Gasteiger partial charge in [0.15, 0.2) is 0 Å². The second-order valence-electron chi connectivity index (χ2n) is 3.54. The lowest BCUT2D eigenvalue weighted by Crippen LogP contribution is -1.98. The lowest BCUT2D eigenvalue weighted by molar-refractivity contribution is 0.0692. The number of rotatable bonds is 2. The number of hydrogen-bond acceptors (Lipinski definition) is 1. The van der Waals surface area contributed by atoms with Crippen LogP contribution in [0.25, 0.3) is 11.1 Å². The first-order valence-electron chi connectivity index (χ1n) is 4.77. The summed E-state index contributed by atoms with van der Waals surface area (Å²) in [5.41, 5.74) is 2.93. The fraction of sp³-hybridized carbons (Fsp3) is 0.0833. The molecule has 0 aliphatic carbocycles. The van der Waals surface area contributed by atoms with E-state index in [-0.39, 0.29) is 5.69 Å². The summed E-state index contributed by atoms with van der Waals surface area (Å²) in [6.07, 6.45) is 1.63. The van der Waals surface area contributed by atoms with Crippen LogP contribution in [0.4, 0.5) is 0 Å². The second kappa shape index (κ2) is 4.14. The highest BCUT2D eigenvalue weighted by Crippen LogP contribution is 2.27. The number of aromatic amines is 1. The molecule has 0 aliphatic rings. The third-order valence-corrected chi connectivity index (χ3v) is 3.30. The van der Waals surface area contributed by atoms with Gasteiger partial charge in [-0.1, -0.05) is 28.1 Å². The largest absolute Gasteiger partial charge is 0.477 e. The molecule has 2 aromatic rings. The van der Waals surface area contributed by atoms with Gasteiger partial charge in [0.05, 0.1) is 0 Å². The lowest BCUT2D eigenvalue weighted by Gasteiger charge is -2.03. The van der Waals surface area contributed by atoms with Gasteiger partial charge in [-0.2, -0.15) is 0 Å². The first-order valence-corrected chi connectivity index (χ1v) is 5.56. The Morgan fingerprint density at radius 3 is 2.75 bits per heavy atom. The molecule has 0 spiro atoms. The zero-order chi connectivity index (χ0) is 11.7. The summed E-state index contributed by atoms with van der Waals surface area (Å²) in [7, 11) is 0. The van der Waals surface area contributed by atoms with Crippen LogP contribution in [0.15, 0.2) is 34.9 Å². The molecule has 0 saturated carbocycles. The highest BCUT2D eigenvalue weighted by atomic mass is 79.9. The molecule has 0 aliphatic heterocycles. The molecule has 1 aromatic heterocycles. The van der Waals surface area contributed by atoms with Gasteiger partial charge in [-0.05, 0) is 30.2 Å². The van der Waals surface area contributed by atoms with Crippen LogP contribution in [0.2, 0.25) is 0 Å². The number of benzene rings is 1. The number of carboxylic acids is 1. The van der Waals surface area contributed by atoms with E-state index in [0.29, 0.717) is 5.56 Å². The molecule has 0 saturated heterocycles. The number of carboxylic acid groups (broad SMARTS) is 1. The van der Waals surface area contributed by atoms with E-state index in [0.717, 1.165) is 15.6 Å². The predicted molar refractivity (Wildman–Crippen MR) is 65.6 cm³/mol. The van der Waals surface area contributed by atoms with Crippen molar-refractivity contribution in [1.82, 2.24) is 4.98 Å². The summed E-state index contributed by atoms with van der Waals surface area (Å²) in [6.45, 7) is 1.99. The normalized spacial score (nSPS) is 10.4. The van der Waals surface area contributed by atoms with E-state index in [1.807, 2.05) is 25.1 Å². The summed E-state index contributed by atoms with van der Waals surface area (Å²) < 4.78 is 0.975. The van der Waals surface area contributed by atoms with Crippen molar-refractivity contribution in [2.45, 2.75) is 6.92 Å². The first-order chi connectivity index (χ1) is 7.59. The fourth-order valence-electron chi connectivity index (χ4n) is 1.55. The molecule has 1 aromatic carbocycles. The van der Waals surface area contributed by atoms with E-state index in [2.05, 4.69) is 20.9 Å². The predicted octanol–water partition coefficient (Wildman–Crippen LogP) is 3.45. The standard InChI is InChI=1S/C12H10BrNO2/c1-7-2-3-8(6-10(7)13)9-4-5-14-11(9)12(15)16/h2-6,14H,1H3,(H,15,16). The molecular formula is C12H10BrNO2. The Bertz CT molecular complexity index is 546. The molecule has 2 N–H and O–H groups in total. The molecule has 0 bridgehead atoms. The average molecular weight is 280 g/mol. The van der Waals surface area contributed by atoms with Crippen molar-refractivity contribution in [3.63, 3.8) is 0 Å². The van der Waals surface area contributed by atoms with Crippen molar-refractivity contribution in [3.05, 3.63) is 46.2 Å². The molecular weight excluding hydrogens is 270 g/mol. The third kappa shape index (κ3) is 1.88. The first kappa shape index (κ1) is 11.0. The molecule has 4 heteroatoms. The smallest absolute Gasteiger partial charge is 0.352 e. The van der Waals surface area contributed by atoms with Gasteiger partial charge in [0, 0.05) is 16.2 Å². The number of aromatic carboxylic acids is 1. The molecule has 0 radical (unpaired) electrons. The number of carbonyl (C=O) groups is 1. The van der Waals surface area contributed by atoms with Gasteiger partial charge in [-0.3, -0.25) is 0 Å². The SMILES string of the molecule is Cc1ccc(-c2cc[nH]c2C(=O)O)cc1Br. The Morgan fingerprint density at radius 2 is 2.12 bits per heavy atom. The molecule has 1 heterocycles. The molecule has 0 amide bonds. The molecule has 2 rings (SSSR count). The van der Waals surface area contributed by atoms with Crippen LogP contribution in [0, 0.1) is 6.92 Å². The molecule has 0 unspecified atom stereocenters. The van der Waals surface area contributed by atoms with E-state index in [1.165, 1.54) is 0 Å². The maximum absolute atomic E-state index is 11.0. The number of aryl methyl sites for hydroxylation is 1. The zero-order valence-electron chi connectivity index (χ0n) is 8.62. The van der Waals surface area contributed by atoms with Gasteiger partial charge >= 0.3 is 5.97 Å². The van der Waals surface area contributed by atoms with Gasteiger partial charge in [0.1, 0.15) is 5.69 Å². The third-order valence-electron chi connectivity index (χ3n) is 2.44. The molecule has 0 fully saturated rings. The van der Waals surface area contributed by atoms with E-state index >= 15 is 0 Å². The van der Waals surface area contributed by atoms with Crippen molar-refractivity contribution in [1.29, 1.82) is 0 Å². The van der Waals surface area contributed by atoms with E-state index in [9.17, 15) is 4.79 Å².